The largest absolute Gasteiger partial charge is 0.463 e. The third-order valence-corrected chi connectivity index (χ3v) is 5.25. The number of alkyl halides is 3. The van der Waals surface area contributed by atoms with Crippen LogP contribution in [0.4, 0.5) is 23.2 Å². The number of hydrogen-bond acceptors (Lipinski definition) is 5. The second-order valence-corrected chi connectivity index (χ2v) is 7.70. The number of sulfonamides is 1. The Morgan fingerprint density at radius 3 is 2.24 bits per heavy atom. The van der Waals surface area contributed by atoms with Crippen molar-refractivity contribution in [2.24, 2.45) is 0 Å². The highest BCUT2D eigenvalue weighted by Crippen LogP contribution is 2.34. The summed E-state index contributed by atoms with van der Waals surface area (Å²) in [6.07, 6.45) is -5.48. The molecule has 0 saturated carbocycles. The van der Waals surface area contributed by atoms with E-state index in [1.54, 1.807) is 12.2 Å². The van der Waals surface area contributed by atoms with Crippen LogP contribution in [0, 0.1) is 12.7 Å². The molecule has 158 valence electrons. The first kappa shape index (κ1) is 22.6. The van der Waals surface area contributed by atoms with Gasteiger partial charge in [0.15, 0.2) is 0 Å². The van der Waals surface area contributed by atoms with Crippen LogP contribution in [0.1, 0.15) is 12.5 Å². The minimum absolute atomic E-state index is 0.451. The van der Waals surface area contributed by atoms with Crippen molar-refractivity contribution in [3.63, 3.8) is 0 Å². The molecule has 0 heterocycles. The molecule has 0 saturated heterocycles. The zero-order chi connectivity index (χ0) is 21.9. The summed E-state index contributed by atoms with van der Waals surface area (Å²) in [6, 6.07) is 8.74. The molecule has 11 heteroatoms. The predicted molar refractivity (Wildman–Crippen MR) is 96.9 cm³/mol. The van der Waals surface area contributed by atoms with Crippen molar-refractivity contribution in [2.45, 2.75) is 30.6 Å². The van der Waals surface area contributed by atoms with E-state index in [9.17, 15) is 30.8 Å². The summed E-state index contributed by atoms with van der Waals surface area (Å²) in [5.41, 5.74) is -3.70. The van der Waals surface area contributed by atoms with Gasteiger partial charge in [-0.2, -0.15) is 17.9 Å². The Balaban J connectivity index is 2.60. The molecule has 0 amide bonds. The second-order valence-electron chi connectivity index (χ2n) is 6.02. The van der Waals surface area contributed by atoms with Gasteiger partial charge in [-0.1, -0.05) is 23.8 Å². The van der Waals surface area contributed by atoms with Crippen molar-refractivity contribution in [1.29, 1.82) is 0 Å². The molecule has 1 atom stereocenters. The molecule has 0 unspecified atom stereocenters. The lowest BCUT2D eigenvalue weighted by Gasteiger charge is -2.35. The fourth-order valence-electron chi connectivity index (χ4n) is 2.36. The molecule has 0 aromatic heterocycles. The van der Waals surface area contributed by atoms with E-state index in [2.05, 4.69) is 4.74 Å². The number of halogens is 4. The number of benzene rings is 2. The quantitative estimate of drug-likeness (QED) is 0.397. The minimum atomic E-state index is -5.48. The van der Waals surface area contributed by atoms with Gasteiger partial charge in [0.2, 0.25) is 10.0 Å². The van der Waals surface area contributed by atoms with Gasteiger partial charge < -0.3 is 10.1 Å². The van der Waals surface area contributed by atoms with Gasteiger partial charge in [0.25, 0.3) is 5.66 Å². The van der Waals surface area contributed by atoms with Crippen molar-refractivity contribution in [1.82, 2.24) is 4.72 Å². The molecule has 0 fully saturated rings. The molecule has 2 N–H and O–H groups in total. The van der Waals surface area contributed by atoms with Gasteiger partial charge in [0.1, 0.15) is 5.82 Å². The predicted octanol–water partition coefficient (Wildman–Crippen LogP) is 3.35. The van der Waals surface area contributed by atoms with E-state index >= 15 is 0 Å². The number of ether oxygens (including phenoxy) is 1. The number of nitrogens with one attached hydrogen (secondary N) is 2. The van der Waals surface area contributed by atoms with Gasteiger partial charge in [0.05, 0.1) is 11.5 Å². The van der Waals surface area contributed by atoms with Gasteiger partial charge in [-0.25, -0.2) is 17.6 Å². The molecule has 6 nitrogen and oxygen atoms in total. The van der Waals surface area contributed by atoms with Crippen molar-refractivity contribution >= 4 is 21.7 Å². The average Bonchev–Trinajstić information content (AvgIpc) is 2.60. The summed E-state index contributed by atoms with van der Waals surface area (Å²) in [7, 11) is -4.84. The van der Waals surface area contributed by atoms with E-state index in [0.717, 1.165) is 30.3 Å². The highest BCUT2D eigenvalue weighted by molar-refractivity contribution is 7.89. The summed E-state index contributed by atoms with van der Waals surface area (Å²) in [6.45, 7) is 2.47. The third kappa shape index (κ3) is 5.04. The number of aryl methyl sites for hydroxylation is 1. The second kappa shape index (κ2) is 8.37. The van der Waals surface area contributed by atoms with Crippen LogP contribution in [-0.2, 0) is 19.6 Å². The maximum Gasteiger partial charge on any atom is 0.437 e. The lowest BCUT2D eigenvalue weighted by atomic mass is 10.1. The first-order chi connectivity index (χ1) is 13.4. The smallest absolute Gasteiger partial charge is 0.437 e. The molecule has 2 aromatic carbocycles. The Morgan fingerprint density at radius 2 is 1.72 bits per heavy atom. The first-order valence-corrected chi connectivity index (χ1v) is 9.78. The van der Waals surface area contributed by atoms with Crippen LogP contribution in [-0.4, -0.2) is 32.8 Å². The number of rotatable bonds is 7. The normalized spacial score (nSPS) is 14.1. The van der Waals surface area contributed by atoms with Crippen LogP contribution in [0.15, 0.2) is 53.4 Å². The zero-order valence-corrected chi connectivity index (χ0v) is 16.2. The van der Waals surface area contributed by atoms with Crippen LogP contribution in [0.3, 0.4) is 0 Å². The van der Waals surface area contributed by atoms with Crippen LogP contribution in [0.5, 0.6) is 0 Å². The summed E-state index contributed by atoms with van der Waals surface area (Å²) >= 11 is 0. The SMILES string of the molecule is CCOC(=O)[C@](Nc1cccc(F)c1)(NS(=O)(=O)c1ccc(C)cc1)C(F)(F)F. The molecular formula is C18H18F4N2O4S. The monoisotopic (exact) mass is 434 g/mol. The Kier molecular flexibility index (Phi) is 6.53. The Hall–Kier alpha value is -2.66. The van der Waals surface area contributed by atoms with E-state index in [-0.39, 0.29) is 0 Å². The van der Waals surface area contributed by atoms with E-state index in [1.807, 2.05) is 0 Å². The van der Waals surface area contributed by atoms with Crippen molar-refractivity contribution < 1.29 is 35.5 Å². The third-order valence-electron chi connectivity index (χ3n) is 3.78. The fraction of sp³-hybridized carbons (Fsp3) is 0.278. The van der Waals surface area contributed by atoms with E-state index in [0.29, 0.717) is 11.6 Å². The minimum Gasteiger partial charge on any atom is -0.463 e. The standard InChI is InChI=1S/C18H18F4N2O4S/c1-3-28-16(25)17(18(20,21)22,23-14-6-4-5-13(19)11-14)24-29(26,27)15-9-7-12(2)8-10-15/h4-11,23-24H,3H2,1-2H3/t17-/m0/s1. The van der Waals surface area contributed by atoms with Crippen molar-refractivity contribution in [3.05, 3.63) is 59.9 Å². The number of esters is 1. The molecule has 0 aliphatic carbocycles. The zero-order valence-electron chi connectivity index (χ0n) is 15.4. The van der Waals surface area contributed by atoms with Crippen LogP contribution >= 0.6 is 0 Å². The number of carbonyl (C=O) groups is 1. The Bertz CT molecular complexity index is 978. The van der Waals surface area contributed by atoms with Gasteiger partial charge in [-0.3, -0.25) is 0 Å². The molecule has 29 heavy (non-hydrogen) atoms. The van der Waals surface area contributed by atoms with Gasteiger partial charge >= 0.3 is 12.1 Å². The lowest BCUT2D eigenvalue weighted by Crippen LogP contribution is -2.69. The van der Waals surface area contributed by atoms with Crippen molar-refractivity contribution in [2.75, 3.05) is 11.9 Å². The number of carbonyl (C=O) groups excluding carboxylic acids is 1. The highest BCUT2D eigenvalue weighted by Gasteiger charge is 2.64. The number of hydrogen-bond donors (Lipinski definition) is 2. The fourth-order valence-corrected chi connectivity index (χ4v) is 3.63. The van der Waals surface area contributed by atoms with E-state index < -0.39 is 50.8 Å². The van der Waals surface area contributed by atoms with Gasteiger partial charge in [-0.05, 0) is 44.2 Å². The summed E-state index contributed by atoms with van der Waals surface area (Å²) in [4.78, 5) is 11.8. The number of anilines is 1. The van der Waals surface area contributed by atoms with Crippen LogP contribution in [0.2, 0.25) is 0 Å². The van der Waals surface area contributed by atoms with Gasteiger partial charge in [-0.15, -0.1) is 0 Å². The van der Waals surface area contributed by atoms with E-state index in [4.69, 9.17) is 0 Å². The molecule has 0 bridgehead atoms. The maximum atomic E-state index is 14.1. The molecule has 2 aromatic rings. The average molecular weight is 434 g/mol. The molecule has 0 spiro atoms. The van der Waals surface area contributed by atoms with Crippen LogP contribution in [0.25, 0.3) is 0 Å². The molecule has 0 aliphatic heterocycles. The molecule has 0 aliphatic rings. The lowest BCUT2D eigenvalue weighted by molar-refractivity contribution is -0.202. The van der Waals surface area contributed by atoms with Crippen molar-refractivity contribution in [3.8, 4) is 0 Å². The topological polar surface area (TPSA) is 84.5 Å². The Labute approximate surface area is 164 Å². The molecule has 0 radical (unpaired) electrons. The molecular weight excluding hydrogens is 416 g/mol. The first-order valence-electron chi connectivity index (χ1n) is 8.29. The summed E-state index contributed by atoms with van der Waals surface area (Å²) in [5.74, 6) is -2.83. The highest BCUT2D eigenvalue weighted by atomic mass is 32.2. The summed E-state index contributed by atoms with van der Waals surface area (Å²) < 4.78 is 86.8. The van der Waals surface area contributed by atoms with Gasteiger partial charge in [0, 0.05) is 5.69 Å². The van der Waals surface area contributed by atoms with Crippen LogP contribution < -0.4 is 10.0 Å². The Morgan fingerprint density at radius 1 is 1.10 bits per heavy atom. The summed E-state index contributed by atoms with van der Waals surface area (Å²) in [5, 5.41) is 1.77. The maximum absolute atomic E-state index is 14.1. The van der Waals surface area contributed by atoms with E-state index in [1.165, 1.54) is 23.8 Å². The molecule has 2 rings (SSSR count).